The molecule has 4 nitrogen and oxygen atoms in total. The summed E-state index contributed by atoms with van der Waals surface area (Å²) in [7, 11) is 0. The van der Waals surface area contributed by atoms with Gasteiger partial charge in [-0.1, -0.05) is 16.7 Å². The molecule has 0 radical (unpaired) electrons. The smallest absolute Gasteiger partial charge is 0.0687 e. The van der Waals surface area contributed by atoms with Gasteiger partial charge in [-0.25, -0.2) is 0 Å². The molecule has 62 valence electrons. The van der Waals surface area contributed by atoms with Crippen LogP contribution in [0.1, 0.15) is 11.3 Å². The number of hydrogen-bond acceptors (Lipinski definition) is 2. The first-order valence-corrected chi connectivity index (χ1v) is 3.74. The number of pyridine rings is 1. The fraction of sp³-hybridized carbons (Fsp3) is 0.286. The second-order valence-electron chi connectivity index (χ2n) is 2.25. The lowest BCUT2D eigenvalue weighted by atomic mass is 10.2. The van der Waals surface area contributed by atoms with Gasteiger partial charge in [-0.2, -0.15) is 0 Å². The standard InChI is InChI=1S/C7H7ClN4/c1-5-6(8)2-3-10-7(5)4-11-12-9/h2-3H,4H2,1H3. The van der Waals surface area contributed by atoms with Crippen molar-refractivity contribution in [2.24, 2.45) is 5.11 Å². The van der Waals surface area contributed by atoms with Crippen LogP contribution in [0.4, 0.5) is 0 Å². The molecule has 0 saturated carbocycles. The van der Waals surface area contributed by atoms with Crippen molar-refractivity contribution in [3.05, 3.63) is 39.0 Å². The summed E-state index contributed by atoms with van der Waals surface area (Å²) in [6.07, 6.45) is 1.59. The monoisotopic (exact) mass is 182 g/mol. The van der Waals surface area contributed by atoms with Gasteiger partial charge in [-0.15, -0.1) is 0 Å². The first kappa shape index (κ1) is 8.84. The largest absolute Gasteiger partial charge is 0.261 e. The second kappa shape index (κ2) is 3.95. The summed E-state index contributed by atoms with van der Waals surface area (Å²) in [5.74, 6) is 0. The Labute approximate surface area is 74.8 Å². The van der Waals surface area contributed by atoms with E-state index in [1.165, 1.54) is 0 Å². The third kappa shape index (κ3) is 1.87. The summed E-state index contributed by atoms with van der Waals surface area (Å²) >= 11 is 5.82. The van der Waals surface area contributed by atoms with Gasteiger partial charge in [-0.3, -0.25) is 4.98 Å². The number of hydrogen-bond donors (Lipinski definition) is 0. The zero-order valence-corrected chi connectivity index (χ0v) is 7.28. The summed E-state index contributed by atoms with van der Waals surface area (Å²) in [6.45, 7) is 2.10. The number of nitrogens with zero attached hydrogens (tertiary/aromatic N) is 4. The van der Waals surface area contributed by atoms with Crippen molar-refractivity contribution < 1.29 is 0 Å². The van der Waals surface area contributed by atoms with E-state index in [0.29, 0.717) is 5.02 Å². The van der Waals surface area contributed by atoms with E-state index in [9.17, 15) is 0 Å². The van der Waals surface area contributed by atoms with E-state index in [4.69, 9.17) is 17.1 Å². The number of aromatic nitrogens is 1. The SMILES string of the molecule is Cc1c(Cl)ccnc1CN=[N+]=[N-]. The molecule has 1 rings (SSSR count). The van der Waals surface area contributed by atoms with Crippen LogP contribution >= 0.6 is 11.6 Å². The van der Waals surface area contributed by atoms with Crippen LogP contribution < -0.4 is 0 Å². The highest BCUT2D eigenvalue weighted by Crippen LogP contribution is 2.16. The minimum atomic E-state index is 0.253. The summed E-state index contributed by atoms with van der Waals surface area (Å²) in [5, 5.41) is 4.05. The van der Waals surface area contributed by atoms with Gasteiger partial charge in [0, 0.05) is 16.1 Å². The van der Waals surface area contributed by atoms with Crippen LogP contribution in [-0.4, -0.2) is 4.98 Å². The molecule has 1 aromatic rings. The third-order valence-electron chi connectivity index (χ3n) is 1.53. The molecule has 0 saturated heterocycles. The third-order valence-corrected chi connectivity index (χ3v) is 1.94. The van der Waals surface area contributed by atoms with Crippen LogP contribution in [0.5, 0.6) is 0 Å². The molecule has 0 aromatic carbocycles. The molecule has 0 aliphatic carbocycles. The molecule has 0 aliphatic heterocycles. The Morgan fingerprint density at radius 3 is 3.17 bits per heavy atom. The van der Waals surface area contributed by atoms with Crippen molar-refractivity contribution in [1.82, 2.24) is 4.98 Å². The molecule has 1 heterocycles. The highest BCUT2D eigenvalue weighted by molar-refractivity contribution is 6.31. The second-order valence-corrected chi connectivity index (χ2v) is 2.66. The van der Waals surface area contributed by atoms with Gasteiger partial charge < -0.3 is 0 Å². The van der Waals surface area contributed by atoms with Crippen molar-refractivity contribution >= 4 is 11.6 Å². The lowest BCUT2D eigenvalue weighted by molar-refractivity contribution is 0.956. The van der Waals surface area contributed by atoms with Crippen LogP contribution in [0.2, 0.25) is 5.02 Å². The summed E-state index contributed by atoms with van der Waals surface area (Å²) in [6, 6.07) is 1.70. The van der Waals surface area contributed by atoms with Gasteiger partial charge in [0.05, 0.1) is 12.2 Å². The molecule has 0 unspecified atom stereocenters. The predicted molar refractivity (Wildman–Crippen MR) is 46.8 cm³/mol. The average Bonchev–Trinajstić information content (AvgIpc) is 2.08. The van der Waals surface area contributed by atoms with Crippen LogP contribution in [0.3, 0.4) is 0 Å². The molecule has 0 N–H and O–H groups in total. The van der Waals surface area contributed by atoms with Crippen molar-refractivity contribution in [2.45, 2.75) is 13.5 Å². The van der Waals surface area contributed by atoms with Crippen molar-refractivity contribution in [1.29, 1.82) is 0 Å². The molecule has 0 bridgehead atoms. The van der Waals surface area contributed by atoms with Crippen molar-refractivity contribution in [3.8, 4) is 0 Å². The fourth-order valence-electron chi connectivity index (χ4n) is 0.810. The molecule has 5 heteroatoms. The summed E-state index contributed by atoms with van der Waals surface area (Å²) in [5.41, 5.74) is 9.68. The minimum absolute atomic E-state index is 0.253. The van der Waals surface area contributed by atoms with E-state index >= 15 is 0 Å². The molecule has 1 aromatic heterocycles. The van der Waals surface area contributed by atoms with E-state index in [-0.39, 0.29) is 6.54 Å². The summed E-state index contributed by atoms with van der Waals surface area (Å²) < 4.78 is 0. The Morgan fingerprint density at radius 1 is 1.75 bits per heavy atom. The molecule has 0 spiro atoms. The first-order chi connectivity index (χ1) is 5.75. The van der Waals surface area contributed by atoms with Gasteiger partial charge in [0.1, 0.15) is 0 Å². The minimum Gasteiger partial charge on any atom is -0.261 e. The van der Waals surface area contributed by atoms with E-state index in [0.717, 1.165) is 11.3 Å². The quantitative estimate of drug-likeness (QED) is 0.394. The zero-order valence-electron chi connectivity index (χ0n) is 6.53. The molecule has 0 fully saturated rings. The normalized spacial score (nSPS) is 9.17. The Morgan fingerprint density at radius 2 is 2.50 bits per heavy atom. The lowest BCUT2D eigenvalue weighted by Crippen LogP contribution is -1.91. The maximum Gasteiger partial charge on any atom is 0.0687 e. The maximum atomic E-state index is 8.09. The van der Waals surface area contributed by atoms with Crippen molar-refractivity contribution in [3.63, 3.8) is 0 Å². The fourth-order valence-corrected chi connectivity index (χ4v) is 0.976. The first-order valence-electron chi connectivity index (χ1n) is 3.36. The number of rotatable bonds is 2. The predicted octanol–water partition coefficient (Wildman–Crippen LogP) is 2.85. The number of halogens is 1. The van der Waals surface area contributed by atoms with E-state index in [1.807, 2.05) is 6.92 Å². The zero-order chi connectivity index (χ0) is 8.97. The van der Waals surface area contributed by atoms with Gasteiger partial charge in [0.15, 0.2) is 0 Å². The van der Waals surface area contributed by atoms with E-state index < -0.39 is 0 Å². The van der Waals surface area contributed by atoms with Crippen molar-refractivity contribution in [2.75, 3.05) is 0 Å². The van der Waals surface area contributed by atoms with E-state index in [1.54, 1.807) is 12.3 Å². The van der Waals surface area contributed by atoms with Crippen LogP contribution in [-0.2, 0) is 6.54 Å². The van der Waals surface area contributed by atoms with Gasteiger partial charge in [0.2, 0.25) is 0 Å². The highest BCUT2D eigenvalue weighted by Gasteiger charge is 2.00. The van der Waals surface area contributed by atoms with Gasteiger partial charge in [0.25, 0.3) is 0 Å². The Bertz CT molecular complexity index is 330. The molecular weight excluding hydrogens is 176 g/mol. The van der Waals surface area contributed by atoms with Crippen LogP contribution in [0.15, 0.2) is 17.4 Å². The van der Waals surface area contributed by atoms with Gasteiger partial charge >= 0.3 is 0 Å². The Balaban J connectivity index is 2.99. The molecule has 12 heavy (non-hydrogen) atoms. The molecule has 0 aliphatic rings. The molecular formula is C7H7ClN4. The Hall–Kier alpha value is -1.25. The molecule has 0 atom stereocenters. The topological polar surface area (TPSA) is 61.7 Å². The average molecular weight is 183 g/mol. The molecule has 0 amide bonds. The Kier molecular flexibility index (Phi) is 2.91. The van der Waals surface area contributed by atoms with E-state index in [2.05, 4.69) is 15.0 Å². The maximum absolute atomic E-state index is 8.09. The van der Waals surface area contributed by atoms with Crippen LogP contribution in [0, 0.1) is 6.92 Å². The lowest BCUT2D eigenvalue weighted by Gasteiger charge is -2.01. The van der Waals surface area contributed by atoms with Crippen LogP contribution in [0.25, 0.3) is 10.4 Å². The summed E-state index contributed by atoms with van der Waals surface area (Å²) in [4.78, 5) is 6.67. The van der Waals surface area contributed by atoms with Gasteiger partial charge in [-0.05, 0) is 24.1 Å². The number of azide groups is 1. The highest BCUT2D eigenvalue weighted by atomic mass is 35.5.